The fraction of sp³-hybridized carbons (Fsp3) is 0.182. The molecule has 2 heteroatoms. The second-order valence-electron chi connectivity index (χ2n) is 6.16. The molecule has 0 saturated heterocycles. The first-order valence-electron chi connectivity index (χ1n) is 8.33. The second kappa shape index (κ2) is 7.69. The molecule has 3 rings (SSSR count). The summed E-state index contributed by atoms with van der Waals surface area (Å²) < 4.78 is 0. The largest absolute Gasteiger partial charge is 0.508 e. The minimum Gasteiger partial charge on any atom is -0.508 e. The molecule has 122 valence electrons. The summed E-state index contributed by atoms with van der Waals surface area (Å²) in [6.07, 6.45) is 3.77. The first-order valence-corrected chi connectivity index (χ1v) is 8.33. The third-order valence-electron chi connectivity index (χ3n) is 4.20. The van der Waals surface area contributed by atoms with Crippen molar-refractivity contribution < 1.29 is 10.2 Å². The van der Waals surface area contributed by atoms with Gasteiger partial charge in [0, 0.05) is 6.07 Å². The SMILES string of the molecule is Oc1cc(O)cc(CCc2cccc(CCc3ccccc3)c2)c1. The maximum absolute atomic E-state index is 9.55. The molecule has 0 unspecified atom stereocenters. The van der Waals surface area contributed by atoms with Gasteiger partial charge in [0.1, 0.15) is 11.5 Å². The lowest BCUT2D eigenvalue weighted by Gasteiger charge is -2.07. The Morgan fingerprint density at radius 1 is 0.458 bits per heavy atom. The normalized spacial score (nSPS) is 10.7. The average molecular weight is 318 g/mol. The first-order chi connectivity index (χ1) is 11.7. The molecule has 24 heavy (non-hydrogen) atoms. The molecule has 2 N–H and O–H groups in total. The van der Waals surface area contributed by atoms with Crippen LogP contribution in [0.4, 0.5) is 0 Å². The van der Waals surface area contributed by atoms with E-state index in [9.17, 15) is 10.2 Å². The highest BCUT2D eigenvalue weighted by molar-refractivity contribution is 5.37. The molecule has 0 atom stereocenters. The van der Waals surface area contributed by atoms with Gasteiger partial charge in [-0.2, -0.15) is 0 Å². The summed E-state index contributed by atoms with van der Waals surface area (Å²) in [5.41, 5.74) is 4.93. The smallest absolute Gasteiger partial charge is 0.119 e. The Kier molecular flexibility index (Phi) is 5.17. The van der Waals surface area contributed by atoms with Gasteiger partial charge in [0.15, 0.2) is 0 Å². The Balaban J connectivity index is 1.60. The zero-order valence-electron chi connectivity index (χ0n) is 13.7. The van der Waals surface area contributed by atoms with Crippen LogP contribution in [-0.4, -0.2) is 10.2 Å². The molecule has 0 saturated carbocycles. The van der Waals surface area contributed by atoms with Gasteiger partial charge in [-0.15, -0.1) is 0 Å². The summed E-state index contributed by atoms with van der Waals surface area (Å²) in [5, 5.41) is 19.1. The van der Waals surface area contributed by atoms with Gasteiger partial charge in [0.2, 0.25) is 0 Å². The predicted molar refractivity (Wildman–Crippen MR) is 97.5 cm³/mol. The molecule has 0 amide bonds. The monoisotopic (exact) mass is 318 g/mol. The van der Waals surface area contributed by atoms with Crippen molar-refractivity contribution in [3.63, 3.8) is 0 Å². The van der Waals surface area contributed by atoms with E-state index in [1.54, 1.807) is 12.1 Å². The van der Waals surface area contributed by atoms with Crippen molar-refractivity contribution in [1.82, 2.24) is 0 Å². The number of phenols is 2. The van der Waals surface area contributed by atoms with Gasteiger partial charge < -0.3 is 10.2 Å². The van der Waals surface area contributed by atoms with Crippen molar-refractivity contribution >= 4 is 0 Å². The molecular formula is C22H22O2. The van der Waals surface area contributed by atoms with E-state index in [0.717, 1.165) is 31.2 Å². The van der Waals surface area contributed by atoms with Crippen molar-refractivity contribution in [2.75, 3.05) is 0 Å². The molecule has 0 heterocycles. The minimum atomic E-state index is 0.113. The minimum absolute atomic E-state index is 0.113. The zero-order valence-corrected chi connectivity index (χ0v) is 13.7. The average Bonchev–Trinajstić information content (AvgIpc) is 2.59. The number of benzene rings is 3. The van der Waals surface area contributed by atoms with Crippen molar-refractivity contribution in [3.05, 3.63) is 95.1 Å². The third kappa shape index (κ3) is 4.63. The van der Waals surface area contributed by atoms with Crippen LogP contribution in [0.3, 0.4) is 0 Å². The second-order valence-corrected chi connectivity index (χ2v) is 6.16. The molecule has 0 bridgehead atoms. The summed E-state index contributed by atoms with van der Waals surface area (Å²) in [6.45, 7) is 0. The standard InChI is InChI=1S/C22H22O2/c23-21-14-20(15-22(24)16-21)12-11-19-8-4-7-18(13-19)10-9-17-5-2-1-3-6-17/h1-8,13-16,23-24H,9-12H2. The first kappa shape index (κ1) is 16.1. The topological polar surface area (TPSA) is 40.5 Å². The summed E-state index contributed by atoms with van der Waals surface area (Å²) >= 11 is 0. The fourth-order valence-electron chi connectivity index (χ4n) is 2.96. The van der Waals surface area contributed by atoms with E-state index in [0.29, 0.717) is 0 Å². The van der Waals surface area contributed by atoms with Gasteiger partial charge in [-0.05, 0) is 60.1 Å². The molecule has 0 radical (unpaired) electrons. The predicted octanol–water partition coefficient (Wildman–Crippen LogP) is 4.67. The summed E-state index contributed by atoms with van der Waals surface area (Å²) in [6, 6.07) is 24.0. The maximum atomic E-state index is 9.55. The number of phenolic OH excluding ortho intramolecular Hbond substituents is 2. The molecule has 0 fully saturated rings. The summed E-state index contributed by atoms with van der Waals surface area (Å²) in [4.78, 5) is 0. The number of hydrogen-bond donors (Lipinski definition) is 2. The van der Waals surface area contributed by atoms with E-state index in [1.165, 1.54) is 22.8 Å². The van der Waals surface area contributed by atoms with Crippen molar-refractivity contribution in [2.24, 2.45) is 0 Å². The fourth-order valence-corrected chi connectivity index (χ4v) is 2.96. The van der Waals surface area contributed by atoms with Crippen LogP contribution in [0.1, 0.15) is 22.3 Å². The zero-order chi connectivity index (χ0) is 16.8. The van der Waals surface area contributed by atoms with Gasteiger partial charge >= 0.3 is 0 Å². The van der Waals surface area contributed by atoms with Crippen LogP contribution in [-0.2, 0) is 25.7 Å². The van der Waals surface area contributed by atoms with E-state index in [1.807, 2.05) is 6.07 Å². The highest BCUT2D eigenvalue weighted by atomic mass is 16.3. The number of rotatable bonds is 6. The number of aryl methyl sites for hydroxylation is 4. The molecule has 2 nitrogen and oxygen atoms in total. The molecule has 0 spiro atoms. The number of hydrogen-bond acceptors (Lipinski definition) is 2. The Labute approximate surface area is 143 Å². The molecule has 3 aromatic carbocycles. The number of aromatic hydroxyl groups is 2. The van der Waals surface area contributed by atoms with E-state index < -0.39 is 0 Å². The van der Waals surface area contributed by atoms with Crippen LogP contribution in [0.25, 0.3) is 0 Å². The lowest BCUT2D eigenvalue weighted by Crippen LogP contribution is -1.95. The van der Waals surface area contributed by atoms with Gasteiger partial charge in [0.05, 0.1) is 0 Å². The van der Waals surface area contributed by atoms with Gasteiger partial charge in [0.25, 0.3) is 0 Å². The van der Waals surface area contributed by atoms with E-state index in [-0.39, 0.29) is 11.5 Å². The lowest BCUT2D eigenvalue weighted by molar-refractivity contribution is 0.449. The lowest BCUT2D eigenvalue weighted by atomic mass is 9.99. The Hall–Kier alpha value is -2.74. The highest BCUT2D eigenvalue weighted by Crippen LogP contribution is 2.21. The quantitative estimate of drug-likeness (QED) is 0.693. The van der Waals surface area contributed by atoms with E-state index in [2.05, 4.69) is 48.5 Å². The van der Waals surface area contributed by atoms with E-state index >= 15 is 0 Å². The van der Waals surface area contributed by atoms with Crippen LogP contribution in [0.2, 0.25) is 0 Å². The van der Waals surface area contributed by atoms with Gasteiger partial charge in [-0.25, -0.2) is 0 Å². The Morgan fingerprint density at radius 3 is 1.58 bits per heavy atom. The van der Waals surface area contributed by atoms with Gasteiger partial charge in [-0.3, -0.25) is 0 Å². The third-order valence-corrected chi connectivity index (χ3v) is 4.20. The molecule has 0 aliphatic heterocycles. The van der Waals surface area contributed by atoms with Crippen molar-refractivity contribution in [3.8, 4) is 11.5 Å². The summed E-state index contributed by atoms with van der Waals surface area (Å²) in [7, 11) is 0. The van der Waals surface area contributed by atoms with Crippen molar-refractivity contribution in [2.45, 2.75) is 25.7 Å². The molecule has 0 aliphatic carbocycles. The van der Waals surface area contributed by atoms with Crippen LogP contribution in [0.5, 0.6) is 11.5 Å². The molecule has 0 aliphatic rings. The van der Waals surface area contributed by atoms with Crippen LogP contribution >= 0.6 is 0 Å². The van der Waals surface area contributed by atoms with Crippen LogP contribution < -0.4 is 0 Å². The Bertz CT molecular complexity index is 774. The Morgan fingerprint density at radius 2 is 0.958 bits per heavy atom. The van der Waals surface area contributed by atoms with Gasteiger partial charge in [-0.1, -0.05) is 54.6 Å². The van der Waals surface area contributed by atoms with Crippen LogP contribution in [0, 0.1) is 0 Å². The van der Waals surface area contributed by atoms with Crippen LogP contribution in [0.15, 0.2) is 72.8 Å². The highest BCUT2D eigenvalue weighted by Gasteiger charge is 2.02. The molecule has 0 aromatic heterocycles. The van der Waals surface area contributed by atoms with E-state index in [4.69, 9.17) is 0 Å². The summed E-state index contributed by atoms with van der Waals surface area (Å²) in [5.74, 6) is 0.225. The molecular weight excluding hydrogens is 296 g/mol. The van der Waals surface area contributed by atoms with Crippen molar-refractivity contribution in [1.29, 1.82) is 0 Å². The maximum Gasteiger partial charge on any atom is 0.119 e. The molecule has 3 aromatic rings.